The summed E-state index contributed by atoms with van der Waals surface area (Å²) in [5.41, 5.74) is 6.47. The number of hydrogen-bond acceptors (Lipinski definition) is 2. The Morgan fingerprint density at radius 1 is 1.11 bits per heavy atom. The van der Waals surface area contributed by atoms with Crippen LogP contribution in [0.5, 0.6) is 0 Å². The second-order valence-corrected chi connectivity index (χ2v) is 5.39. The first-order valence-corrected chi connectivity index (χ1v) is 6.68. The van der Waals surface area contributed by atoms with Crippen LogP contribution in [0.25, 0.3) is 0 Å². The van der Waals surface area contributed by atoms with Crippen LogP contribution in [0.3, 0.4) is 0 Å². The molecule has 98 valence electrons. The number of nitrogen functional groups attached to an aromatic ring is 1. The van der Waals surface area contributed by atoms with Crippen molar-refractivity contribution in [1.82, 2.24) is 0 Å². The van der Waals surface area contributed by atoms with Crippen molar-refractivity contribution >= 4 is 11.4 Å². The monoisotopic (exact) mass is 252 g/mol. The number of anilines is 2. The van der Waals surface area contributed by atoms with Gasteiger partial charge in [0.05, 0.1) is 11.4 Å². The van der Waals surface area contributed by atoms with E-state index in [0.29, 0.717) is 17.6 Å². The summed E-state index contributed by atoms with van der Waals surface area (Å²) < 4.78 is 27.4. The Labute approximate surface area is 106 Å². The molecule has 1 aromatic carbocycles. The number of nitrogens with zero attached hydrogens (tertiary/aromatic N) is 1. The lowest BCUT2D eigenvalue weighted by molar-refractivity contribution is 0.341. The van der Waals surface area contributed by atoms with Crippen LogP contribution in [-0.4, -0.2) is 12.6 Å². The molecule has 1 heterocycles. The summed E-state index contributed by atoms with van der Waals surface area (Å²) in [4.78, 5) is 2.00. The summed E-state index contributed by atoms with van der Waals surface area (Å²) in [6.07, 6.45) is 5.78. The molecule has 1 aliphatic heterocycles. The molecule has 2 nitrogen and oxygen atoms in total. The van der Waals surface area contributed by atoms with Crippen molar-refractivity contribution in [2.24, 2.45) is 5.92 Å². The van der Waals surface area contributed by atoms with Gasteiger partial charge in [-0.3, -0.25) is 0 Å². The van der Waals surface area contributed by atoms with Crippen LogP contribution >= 0.6 is 0 Å². The molecule has 1 saturated carbocycles. The average Bonchev–Trinajstić information content (AvgIpc) is 2.79. The van der Waals surface area contributed by atoms with Crippen molar-refractivity contribution in [2.75, 3.05) is 17.2 Å². The molecule has 2 aliphatic rings. The smallest absolute Gasteiger partial charge is 0.184 e. The summed E-state index contributed by atoms with van der Waals surface area (Å²) in [7, 11) is 0. The zero-order chi connectivity index (χ0) is 12.7. The topological polar surface area (TPSA) is 29.3 Å². The van der Waals surface area contributed by atoms with Crippen LogP contribution in [-0.2, 0) is 0 Å². The van der Waals surface area contributed by atoms with E-state index in [9.17, 15) is 8.78 Å². The third-order valence-corrected chi connectivity index (χ3v) is 4.40. The maximum absolute atomic E-state index is 14.0. The molecule has 18 heavy (non-hydrogen) atoms. The van der Waals surface area contributed by atoms with Crippen LogP contribution < -0.4 is 10.6 Å². The fraction of sp³-hybridized carbons (Fsp3) is 0.571. The summed E-state index contributed by atoms with van der Waals surface area (Å²) in [5.74, 6) is -0.972. The molecule has 0 aromatic heterocycles. The van der Waals surface area contributed by atoms with Crippen molar-refractivity contribution in [3.63, 3.8) is 0 Å². The van der Waals surface area contributed by atoms with Gasteiger partial charge in [-0.2, -0.15) is 0 Å². The Morgan fingerprint density at radius 2 is 1.89 bits per heavy atom. The molecule has 1 aliphatic carbocycles. The highest BCUT2D eigenvalue weighted by Gasteiger charge is 2.37. The molecule has 3 rings (SSSR count). The van der Waals surface area contributed by atoms with E-state index in [0.717, 1.165) is 25.5 Å². The second-order valence-electron chi connectivity index (χ2n) is 5.39. The molecule has 1 aromatic rings. The number of rotatable bonds is 1. The molecular formula is C14H18F2N2. The van der Waals surface area contributed by atoms with Crippen LogP contribution in [0.1, 0.15) is 32.1 Å². The fourth-order valence-corrected chi connectivity index (χ4v) is 3.53. The normalized spacial score (nSPS) is 27.3. The molecule has 1 saturated heterocycles. The highest BCUT2D eigenvalue weighted by atomic mass is 19.2. The molecule has 4 heteroatoms. The van der Waals surface area contributed by atoms with Crippen molar-refractivity contribution in [3.05, 3.63) is 23.8 Å². The van der Waals surface area contributed by atoms with E-state index in [1.807, 2.05) is 4.90 Å². The van der Waals surface area contributed by atoms with Gasteiger partial charge in [-0.05, 0) is 37.3 Å². The van der Waals surface area contributed by atoms with Gasteiger partial charge >= 0.3 is 0 Å². The van der Waals surface area contributed by atoms with Crippen molar-refractivity contribution in [2.45, 2.75) is 38.1 Å². The zero-order valence-electron chi connectivity index (χ0n) is 10.3. The highest BCUT2D eigenvalue weighted by Crippen LogP contribution is 2.41. The SMILES string of the molecule is Nc1ccc(F)c(F)c1N1CCC2CCCCC21. The predicted molar refractivity (Wildman–Crippen MR) is 68.5 cm³/mol. The quantitative estimate of drug-likeness (QED) is 0.777. The van der Waals surface area contributed by atoms with E-state index < -0.39 is 11.6 Å². The maximum atomic E-state index is 14.0. The number of benzene rings is 1. The van der Waals surface area contributed by atoms with Crippen molar-refractivity contribution in [1.29, 1.82) is 0 Å². The first kappa shape index (κ1) is 11.8. The van der Waals surface area contributed by atoms with Gasteiger partial charge < -0.3 is 10.6 Å². The molecule has 0 spiro atoms. The van der Waals surface area contributed by atoms with Crippen LogP contribution in [0.2, 0.25) is 0 Å². The van der Waals surface area contributed by atoms with E-state index in [1.54, 1.807) is 0 Å². The minimum Gasteiger partial charge on any atom is -0.397 e. The standard InChI is InChI=1S/C14H18F2N2/c15-10-5-6-11(17)14(13(10)16)18-8-7-9-3-1-2-4-12(9)18/h5-6,9,12H,1-4,7-8,17H2. The molecule has 0 radical (unpaired) electrons. The Bertz CT molecular complexity index is 461. The summed E-state index contributed by atoms with van der Waals surface area (Å²) in [5, 5.41) is 0. The summed E-state index contributed by atoms with van der Waals surface area (Å²) in [6, 6.07) is 2.91. The second kappa shape index (κ2) is 4.41. The Morgan fingerprint density at radius 3 is 2.72 bits per heavy atom. The number of nitrogens with two attached hydrogens (primary N) is 1. The minimum absolute atomic E-state index is 0.282. The van der Waals surface area contributed by atoms with E-state index in [2.05, 4.69) is 0 Å². The lowest BCUT2D eigenvalue weighted by Gasteiger charge is -2.34. The first-order valence-electron chi connectivity index (χ1n) is 6.68. The van der Waals surface area contributed by atoms with Gasteiger partial charge in [0.25, 0.3) is 0 Å². The lowest BCUT2D eigenvalue weighted by atomic mass is 9.85. The molecule has 0 bridgehead atoms. The van der Waals surface area contributed by atoms with E-state index in [-0.39, 0.29) is 5.69 Å². The maximum Gasteiger partial charge on any atom is 0.184 e. The van der Waals surface area contributed by atoms with Crippen LogP contribution in [0, 0.1) is 17.6 Å². The number of halogens is 2. The van der Waals surface area contributed by atoms with Crippen molar-refractivity contribution < 1.29 is 8.78 Å². The Balaban J connectivity index is 1.98. The zero-order valence-corrected chi connectivity index (χ0v) is 10.3. The molecule has 0 amide bonds. The molecule has 2 fully saturated rings. The summed E-state index contributed by atoms with van der Waals surface area (Å²) >= 11 is 0. The van der Waals surface area contributed by atoms with Crippen LogP contribution in [0.4, 0.5) is 20.2 Å². The van der Waals surface area contributed by atoms with E-state index >= 15 is 0 Å². The van der Waals surface area contributed by atoms with Gasteiger partial charge in [0, 0.05) is 12.6 Å². The van der Waals surface area contributed by atoms with Gasteiger partial charge in [0.15, 0.2) is 11.6 Å². The largest absolute Gasteiger partial charge is 0.397 e. The number of hydrogen-bond donors (Lipinski definition) is 1. The summed E-state index contributed by atoms with van der Waals surface area (Å²) in [6.45, 7) is 0.792. The van der Waals surface area contributed by atoms with Gasteiger partial charge in [-0.25, -0.2) is 8.78 Å². The third kappa shape index (κ3) is 1.74. The van der Waals surface area contributed by atoms with Gasteiger partial charge in [0.1, 0.15) is 0 Å². The first-order chi connectivity index (χ1) is 8.68. The van der Waals surface area contributed by atoms with Crippen LogP contribution in [0.15, 0.2) is 12.1 Å². The molecule has 2 atom stereocenters. The van der Waals surface area contributed by atoms with E-state index in [4.69, 9.17) is 5.73 Å². The molecular weight excluding hydrogens is 234 g/mol. The Hall–Kier alpha value is -1.32. The Kier molecular flexibility index (Phi) is 2.88. The van der Waals surface area contributed by atoms with Gasteiger partial charge in [-0.1, -0.05) is 12.8 Å². The van der Waals surface area contributed by atoms with E-state index in [1.165, 1.54) is 25.3 Å². The van der Waals surface area contributed by atoms with Gasteiger partial charge in [-0.15, -0.1) is 0 Å². The molecule has 2 unspecified atom stereocenters. The highest BCUT2D eigenvalue weighted by molar-refractivity contribution is 5.69. The minimum atomic E-state index is -0.807. The van der Waals surface area contributed by atoms with Crippen molar-refractivity contribution in [3.8, 4) is 0 Å². The predicted octanol–water partition coefficient (Wildman–Crippen LogP) is 3.32. The van der Waals surface area contributed by atoms with Gasteiger partial charge in [0.2, 0.25) is 0 Å². The average molecular weight is 252 g/mol. The fourth-order valence-electron chi connectivity index (χ4n) is 3.53. The number of fused-ring (bicyclic) bond motifs is 1. The molecule has 2 N–H and O–H groups in total. The third-order valence-electron chi connectivity index (χ3n) is 4.40. The lowest BCUT2D eigenvalue weighted by Crippen LogP contribution is -2.35.